The van der Waals surface area contributed by atoms with E-state index in [1.165, 1.54) is 17.8 Å². The molecule has 27 heavy (non-hydrogen) atoms. The van der Waals surface area contributed by atoms with Gasteiger partial charge in [0.25, 0.3) is 0 Å². The molecule has 6 nitrogen and oxygen atoms in total. The molecule has 142 valence electrons. The minimum absolute atomic E-state index is 0.00968. The first-order chi connectivity index (χ1) is 12.8. The zero-order chi connectivity index (χ0) is 19.7. The summed E-state index contributed by atoms with van der Waals surface area (Å²) in [4.78, 5) is 24.4. The van der Waals surface area contributed by atoms with Gasteiger partial charge in [-0.05, 0) is 42.0 Å². The molecule has 2 heterocycles. The van der Waals surface area contributed by atoms with Gasteiger partial charge in [0.15, 0.2) is 0 Å². The molecule has 0 aliphatic carbocycles. The van der Waals surface area contributed by atoms with E-state index in [9.17, 15) is 9.59 Å². The Balaban J connectivity index is 1.94. The van der Waals surface area contributed by atoms with E-state index in [2.05, 4.69) is 24.0 Å². The quantitative estimate of drug-likeness (QED) is 0.532. The van der Waals surface area contributed by atoms with Crippen molar-refractivity contribution in [1.29, 1.82) is 0 Å². The lowest BCUT2D eigenvalue weighted by Crippen LogP contribution is -2.10. The highest BCUT2D eigenvalue weighted by molar-refractivity contribution is 5.91. The van der Waals surface area contributed by atoms with Crippen LogP contribution in [0.3, 0.4) is 0 Å². The lowest BCUT2D eigenvalue weighted by molar-refractivity contribution is 0.0472. The molecule has 1 N–H and O–H groups in total. The summed E-state index contributed by atoms with van der Waals surface area (Å²) < 4.78 is 10.8. The second-order valence-electron chi connectivity index (χ2n) is 7.38. The molecule has 0 aliphatic heterocycles. The molecule has 0 aliphatic rings. The maximum absolute atomic E-state index is 12.5. The van der Waals surface area contributed by atoms with Crippen LogP contribution in [0, 0.1) is 6.92 Å². The van der Waals surface area contributed by atoms with Crippen LogP contribution in [0.5, 0.6) is 0 Å². The topological polar surface area (TPSA) is 85.2 Å². The van der Waals surface area contributed by atoms with E-state index in [0.29, 0.717) is 22.6 Å². The summed E-state index contributed by atoms with van der Waals surface area (Å²) in [6, 6.07) is 5.26. The maximum atomic E-state index is 12.5. The van der Waals surface area contributed by atoms with E-state index in [1.807, 2.05) is 32.9 Å². The van der Waals surface area contributed by atoms with Crippen LogP contribution >= 0.6 is 0 Å². The summed E-state index contributed by atoms with van der Waals surface area (Å²) in [5.41, 5.74) is 4.05. The molecule has 0 unspecified atom stereocenters. The first kappa shape index (κ1) is 18.9. The van der Waals surface area contributed by atoms with Crippen molar-refractivity contribution in [3.8, 4) is 0 Å². The van der Waals surface area contributed by atoms with Crippen LogP contribution < -0.4 is 5.63 Å². The smallest absolute Gasteiger partial charge is 0.341 e. The third kappa shape index (κ3) is 3.79. The minimum atomic E-state index is -0.468. The Bertz CT molecular complexity index is 1040. The predicted octanol–water partition coefficient (Wildman–Crippen LogP) is 4.43. The number of aryl methyl sites for hydroxylation is 1. The van der Waals surface area contributed by atoms with Gasteiger partial charge in [0, 0.05) is 17.0 Å². The summed E-state index contributed by atoms with van der Waals surface area (Å²) in [5, 5.41) is 7.55. The lowest BCUT2D eigenvalue weighted by atomic mass is 9.95. The number of esters is 1. The molecule has 0 atom stereocenters. The van der Waals surface area contributed by atoms with Crippen LogP contribution in [0.2, 0.25) is 0 Å². The average molecular weight is 368 g/mol. The van der Waals surface area contributed by atoms with Gasteiger partial charge in [-0.2, -0.15) is 5.10 Å². The number of hydrogen-bond acceptors (Lipinski definition) is 5. The molecule has 0 spiro atoms. The van der Waals surface area contributed by atoms with Gasteiger partial charge in [0.1, 0.15) is 17.8 Å². The number of benzene rings is 1. The van der Waals surface area contributed by atoms with E-state index in [0.717, 1.165) is 16.6 Å². The van der Waals surface area contributed by atoms with E-state index in [4.69, 9.17) is 9.15 Å². The highest BCUT2D eigenvalue weighted by Crippen LogP contribution is 2.27. The van der Waals surface area contributed by atoms with Gasteiger partial charge < -0.3 is 9.15 Å². The molecular formula is C21H24N2O4. The Kier molecular flexibility index (Phi) is 5.17. The van der Waals surface area contributed by atoms with Gasteiger partial charge in [0.2, 0.25) is 0 Å². The number of rotatable bonds is 5. The van der Waals surface area contributed by atoms with Gasteiger partial charge in [-0.25, -0.2) is 9.59 Å². The second-order valence-corrected chi connectivity index (χ2v) is 7.38. The number of carbonyl (C=O) groups excluding carboxylic acids is 1. The van der Waals surface area contributed by atoms with E-state index >= 15 is 0 Å². The van der Waals surface area contributed by atoms with Crippen molar-refractivity contribution in [1.82, 2.24) is 10.2 Å². The Morgan fingerprint density at radius 3 is 2.59 bits per heavy atom. The minimum Gasteiger partial charge on any atom is -0.457 e. The third-order valence-electron chi connectivity index (χ3n) is 4.66. The van der Waals surface area contributed by atoms with Crippen LogP contribution in [-0.2, 0) is 11.3 Å². The van der Waals surface area contributed by atoms with Gasteiger partial charge in [-0.3, -0.25) is 5.10 Å². The first-order valence-corrected chi connectivity index (χ1v) is 9.05. The molecule has 2 aromatic heterocycles. The van der Waals surface area contributed by atoms with Crippen molar-refractivity contribution in [2.24, 2.45) is 0 Å². The highest BCUT2D eigenvalue weighted by atomic mass is 16.5. The molecule has 0 bridgehead atoms. The number of fused-ring (bicyclic) bond motifs is 1. The van der Waals surface area contributed by atoms with Crippen molar-refractivity contribution >= 4 is 16.9 Å². The predicted molar refractivity (Wildman–Crippen MR) is 103 cm³/mol. The molecule has 0 radical (unpaired) electrons. The summed E-state index contributed by atoms with van der Waals surface area (Å²) in [6.45, 7) is 10.1. The molecule has 3 aromatic rings. The number of nitrogens with one attached hydrogen (secondary N) is 1. The zero-order valence-corrected chi connectivity index (χ0v) is 16.3. The molecular weight excluding hydrogens is 344 g/mol. The zero-order valence-electron chi connectivity index (χ0n) is 16.3. The fourth-order valence-corrected chi connectivity index (χ4v) is 3.25. The Labute approximate surface area is 157 Å². The summed E-state index contributed by atoms with van der Waals surface area (Å²) in [5.74, 6) is -0.0162. The van der Waals surface area contributed by atoms with Gasteiger partial charge in [0.05, 0.1) is 11.9 Å². The van der Waals surface area contributed by atoms with Crippen LogP contribution in [0.1, 0.15) is 72.3 Å². The standard InChI is InChI=1S/C21H24N2O4/c1-11(2)15-8-16-14(7-19(24)27-18(16)6-13(15)5)10-26-21(25)17-9-22-23-20(17)12(3)4/h6-9,11-12H,10H2,1-5H3,(H,22,23). The summed E-state index contributed by atoms with van der Waals surface area (Å²) in [7, 11) is 0. The largest absolute Gasteiger partial charge is 0.457 e. The first-order valence-electron chi connectivity index (χ1n) is 9.05. The lowest BCUT2D eigenvalue weighted by Gasteiger charge is -2.13. The number of H-pyrrole nitrogens is 1. The molecule has 0 saturated carbocycles. The second kappa shape index (κ2) is 7.39. The van der Waals surface area contributed by atoms with Crippen molar-refractivity contribution in [2.75, 3.05) is 0 Å². The van der Waals surface area contributed by atoms with Crippen molar-refractivity contribution in [2.45, 2.75) is 53.1 Å². The van der Waals surface area contributed by atoms with Gasteiger partial charge >= 0.3 is 11.6 Å². The van der Waals surface area contributed by atoms with Crippen LogP contribution in [0.15, 0.2) is 33.6 Å². The number of nitrogens with zero attached hydrogens (tertiary/aromatic N) is 1. The van der Waals surface area contributed by atoms with Crippen LogP contribution in [0.4, 0.5) is 0 Å². The molecule has 1 aromatic carbocycles. The molecule has 0 fully saturated rings. The average Bonchev–Trinajstić information content (AvgIpc) is 3.08. The fraction of sp³-hybridized carbons (Fsp3) is 0.381. The maximum Gasteiger partial charge on any atom is 0.341 e. The van der Waals surface area contributed by atoms with Crippen molar-refractivity contribution in [3.63, 3.8) is 0 Å². The normalized spacial score (nSPS) is 11.5. The Hall–Kier alpha value is -2.89. The number of aromatic nitrogens is 2. The van der Waals surface area contributed by atoms with Crippen LogP contribution in [0.25, 0.3) is 11.0 Å². The van der Waals surface area contributed by atoms with Crippen molar-refractivity contribution in [3.05, 3.63) is 62.8 Å². The van der Waals surface area contributed by atoms with E-state index < -0.39 is 11.6 Å². The fourth-order valence-electron chi connectivity index (χ4n) is 3.25. The van der Waals surface area contributed by atoms with Gasteiger partial charge in [-0.15, -0.1) is 0 Å². The Morgan fingerprint density at radius 1 is 1.19 bits per heavy atom. The number of ether oxygens (including phenoxy) is 1. The third-order valence-corrected chi connectivity index (χ3v) is 4.66. The summed E-state index contributed by atoms with van der Waals surface area (Å²) in [6.07, 6.45) is 1.47. The van der Waals surface area contributed by atoms with Gasteiger partial charge in [-0.1, -0.05) is 27.7 Å². The number of hydrogen-bond donors (Lipinski definition) is 1. The Morgan fingerprint density at radius 2 is 1.93 bits per heavy atom. The molecule has 6 heteroatoms. The van der Waals surface area contributed by atoms with Crippen LogP contribution in [-0.4, -0.2) is 16.2 Å². The number of aromatic amines is 1. The molecule has 0 saturated heterocycles. The van der Waals surface area contributed by atoms with E-state index in [1.54, 1.807) is 0 Å². The highest BCUT2D eigenvalue weighted by Gasteiger charge is 2.18. The van der Waals surface area contributed by atoms with E-state index in [-0.39, 0.29) is 12.5 Å². The monoisotopic (exact) mass is 368 g/mol. The SMILES string of the molecule is Cc1cc2oc(=O)cc(COC(=O)c3cn[nH]c3C(C)C)c2cc1C(C)C. The number of carbonyl (C=O) groups is 1. The van der Waals surface area contributed by atoms with Crippen molar-refractivity contribution < 1.29 is 13.9 Å². The summed E-state index contributed by atoms with van der Waals surface area (Å²) >= 11 is 0. The molecule has 0 amide bonds. The molecule has 3 rings (SSSR count).